The van der Waals surface area contributed by atoms with Crippen molar-refractivity contribution in [1.29, 1.82) is 0 Å². The summed E-state index contributed by atoms with van der Waals surface area (Å²) in [7, 11) is -3.92. The smallest absolute Gasteiger partial charge is 0.272 e. The summed E-state index contributed by atoms with van der Waals surface area (Å²) >= 11 is 5.85. The van der Waals surface area contributed by atoms with Crippen molar-refractivity contribution < 1.29 is 13.2 Å². The first-order valence-corrected chi connectivity index (χ1v) is 11.4. The third kappa shape index (κ3) is 4.51. The number of nitrogens with one attached hydrogen (secondary N) is 3. The third-order valence-electron chi connectivity index (χ3n) is 4.83. The number of aryl methyl sites for hydroxylation is 1. The second kappa shape index (κ2) is 8.49. The van der Waals surface area contributed by atoms with Gasteiger partial charge in [0.25, 0.3) is 21.5 Å². The van der Waals surface area contributed by atoms with E-state index in [1.165, 1.54) is 6.07 Å². The summed E-state index contributed by atoms with van der Waals surface area (Å²) in [5, 5.41) is 4.23. The highest BCUT2D eigenvalue weighted by atomic mass is 35.5. The van der Waals surface area contributed by atoms with Crippen LogP contribution in [0.15, 0.2) is 82.5 Å². The Bertz CT molecular complexity index is 1500. The third-order valence-corrected chi connectivity index (χ3v) is 6.61. The van der Waals surface area contributed by atoms with Crippen LogP contribution in [0.1, 0.15) is 16.1 Å². The molecule has 0 fully saturated rings. The molecule has 7 nitrogen and oxygen atoms in total. The lowest BCUT2D eigenvalue weighted by molar-refractivity contribution is 0.102. The number of carbonyl (C=O) groups is 1. The Kier molecular flexibility index (Phi) is 5.73. The average Bonchev–Trinajstić information content (AvgIpc) is 2.76. The molecule has 1 heterocycles. The van der Waals surface area contributed by atoms with E-state index >= 15 is 0 Å². The van der Waals surface area contributed by atoms with E-state index in [0.29, 0.717) is 27.0 Å². The molecule has 0 atom stereocenters. The number of sulfonamides is 1. The first-order chi connectivity index (χ1) is 15.2. The molecule has 0 spiro atoms. The van der Waals surface area contributed by atoms with E-state index in [1.54, 1.807) is 73.7 Å². The first kappa shape index (κ1) is 21.6. The number of pyridine rings is 1. The Hall–Kier alpha value is -3.62. The van der Waals surface area contributed by atoms with Crippen molar-refractivity contribution in [1.82, 2.24) is 4.98 Å². The number of H-pyrrole nitrogens is 1. The number of anilines is 2. The van der Waals surface area contributed by atoms with Crippen LogP contribution < -0.4 is 15.6 Å². The number of benzene rings is 3. The number of aromatic amines is 1. The van der Waals surface area contributed by atoms with Gasteiger partial charge < -0.3 is 10.3 Å². The van der Waals surface area contributed by atoms with Gasteiger partial charge in [0.1, 0.15) is 5.69 Å². The van der Waals surface area contributed by atoms with Gasteiger partial charge >= 0.3 is 0 Å². The molecule has 1 amide bonds. The van der Waals surface area contributed by atoms with Crippen molar-refractivity contribution in [2.75, 3.05) is 10.0 Å². The number of hydrogen-bond acceptors (Lipinski definition) is 4. The first-order valence-electron chi connectivity index (χ1n) is 9.55. The average molecular weight is 468 g/mol. The van der Waals surface area contributed by atoms with Crippen molar-refractivity contribution in [3.05, 3.63) is 99.4 Å². The van der Waals surface area contributed by atoms with Crippen molar-refractivity contribution >= 4 is 49.7 Å². The van der Waals surface area contributed by atoms with Gasteiger partial charge in [0.2, 0.25) is 0 Å². The maximum Gasteiger partial charge on any atom is 0.272 e. The van der Waals surface area contributed by atoms with Crippen LogP contribution in [0.25, 0.3) is 10.8 Å². The molecule has 0 aliphatic rings. The molecule has 3 N–H and O–H groups in total. The molecule has 4 aromatic rings. The normalized spacial score (nSPS) is 11.3. The summed E-state index contributed by atoms with van der Waals surface area (Å²) in [6, 6.07) is 19.3. The predicted molar refractivity (Wildman–Crippen MR) is 126 cm³/mol. The van der Waals surface area contributed by atoms with Crippen molar-refractivity contribution in [2.24, 2.45) is 0 Å². The standard InChI is InChI=1S/C23H18ClN3O4S/c1-14-6-9-18(13-21(14)32(30,31)27-17-10-7-16(24)8-11-17)25-23(29)20-12-15-4-2-3-5-19(15)22(28)26-20/h2-13,27H,1H3,(H,25,29)(H,26,28). The van der Waals surface area contributed by atoms with E-state index in [-0.39, 0.29) is 21.8 Å². The number of aromatic nitrogens is 1. The van der Waals surface area contributed by atoms with Crippen LogP contribution in [0.2, 0.25) is 5.02 Å². The van der Waals surface area contributed by atoms with E-state index in [4.69, 9.17) is 11.6 Å². The van der Waals surface area contributed by atoms with Crippen LogP contribution in [0.5, 0.6) is 0 Å². The predicted octanol–water partition coefficient (Wildman–Crippen LogP) is 4.54. The second-order valence-corrected chi connectivity index (χ2v) is 9.23. The lowest BCUT2D eigenvalue weighted by Crippen LogP contribution is -2.19. The maximum absolute atomic E-state index is 12.9. The molecule has 0 radical (unpaired) electrons. The largest absolute Gasteiger partial charge is 0.321 e. The molecule has 162 valence electrons. The molecule has 9 heteroatoms. The highest BCUT2D eigenvalue weighted by Crippen LogP contribution is 2.24. The zero-order chi connectivity index (χ0) is 22.9. The molecule has 0 saturated carbocycles. The van der Waals surface area contributed by atoms with Crippen LogP contribution in [-0.2, 0) is 10.0 Å². The number of hydrogen-bond donors (Lipinski definition) is 3. The second-order valence-electron chi connectivity index (χ2n) is 7.15. The minimum atomic E-state index is -3.92. The molecule has 0 saturated heterocycles. The SMILES string of the molecule is Cc1ccc(NC(=O)c2cc3ccccc3c(=O)[nH]2)cc1S(=O)(=O)Nc1ccc(Cl)cc1. The van der Waals surface area contributed by atoms with Crippen LogP contribution in [0.3, 0.4) is 0 Å². The molecular weight excluding hydrogens is 450 g/mol. The van der Waals surface area contributed by atoms with Gasteiger partial charge in [-0.3, -0.25) is 14.3 Å². The minimum absolute atomic E-state index is 0.0113. The van der Waals surface area contributed by atoms with Crippen LogP contribution >= 0.6 is 11.6 Å². The van der Waals surface area contributed by atoms with E-state index in [9.17, 15) is 18.0 Å². The Balaban J connectivity index is 1.62. The van der Waals surface area contributed by atoms with Gasteiger partial charge in [-0.05, 0) is 66.4 Å². The van der Waals surface area contributed by atoms with Crippen molar-refractivity contribution in [2.45, 2.75) is 11.8 Å². The molecule has 4 rings (SSSR count). The summed E-state index contributed by atoms with van der Waals surface area (Å²) in [5.74, 6) is -0.564. The summed E-state index contributed by atoms with van der Waals surface area (Å²) in [6.07, 6.45) is 0. The molecule has 1 aromatic heterocycles. The summed E-state index contributed by atoms with van der Waals surface area (Å²) in [4.78, 5) is 27.5. The van der Waals surface area contributed by atoms with Crippen LogP contribution in [0.4, 0.5) is 11.4 Å². The number of halogens is 1. The quantitative estimate of drug-likeness (QED) is 0.400. The highest BCUT2D eigenvalue weighted by Gasteiger charge is 2.19. The zero-order valence-corrected chi connectivity index (χ0v) is 18.4. The summed E-state index contributed by atoms with van der Waals surface area (Å²) in [5.41, 5.74) is 0.817. The molecule has 0 unspecified atom stereocenters. The summed E-state index contributed by atoms with van der Waals surface area (Å²) < 4.78 is 28.3. The minimum Gasteiger partial charge on any atom is -0.321 e. The van der Waals surface area contributed by atoms with Gasteiger partial charge in [-0.1, -0.05) is 35.9 Å². The molecule has 32 heavy (non-hydrogen) atoms. The molecule has 0 aliphatic carbocycles. The fourth-order valence-corrected chi connectivity index (χ4v) is 4.68. The molecule has 0 aliphatic heterocycles. The van der Waals surface area contributed by atoms with Gasteiger partial charge in [0, 0.05) is 21.8 Å². The topological polar surface area (TPSA) is 108 Å². The summed E-state index contributed by atoms with van der Waals surface area (Å²) in [6.45, 7) is 1.66. The molecular formula is C23H18ClN3O4S. The number of rotatable bonds is 5. The van der Waals surface area contributed by atoms with Gasteiger partial charge in [0.05, 0.1) is 4.90 Å². The monoisotopic (exact) mass is 467 g/mol. The highest BCUT2D eigenvalue weighted by molar-refractivity contribution is 7.92. The van der Waals surface area contributed by atoms with Gasteiger partial charge in [-0.15, -0.1) is 0 Å². The van der Waals surface area contributed by atoms with Crippen LogP contribution in [0, 0.1) is 6.92 Å². The lowest BCUT2D eigenvalue weighted by atomic mass is 10.1. The van der Waals surface area contributed by atoms with E-state index < -0.39 is 15.9 Å². The molecule has 0 bridgehead atoms. The van der Waals surface area contributed by atoms with E-state index in [2.05, 4.69) is 15.0 Å². The van der Waals surface area contributed by atoms with Crippen molar-refractivity contribution in [3.63, 3.8) is 0 Å². The molecule has 3 aromatic carbocycles. The fraction of sp³-hybridized carbons (Fsp3) is 0.0435. The Labute approximate surface area is 189 Å². The Morgan fingerprint density at radius 3 is 2.38 bits per heavy atom. The Morgan fingerprint density at radius 1 is 0.938 bits per heavy atom. The zero-order valence-electron chi connectivity index (χ0n) is 16.8. The fourth-order valence-electron chi connectivity index (χ4n) is 3.23. The number of amides is 1. The van der Waals surface area contributed by atoms with Gasteiger partial charge in [-0.2, -0.15) is 0 Å². The van der Waals surface area contributed by atoms with Gasteiger partial charge in [0.15, 0.2) is 0 Å². The van der Waals surface area contributed by atoms with Crippen LogP contribution in [-0.4, -0.2) is 19.3 Å². The van der Waals surface area contributed by atoms with E-state index in [0.717, 1.165) is 0 Å². The lowest BCUT2D eigenvalue weighted by Gasteiger charge is -2.13. The number of carbonyl (C=O) groups excluding carboxylic acids is 1. The maximum atomic E-state index is 12.9. The van der Waals surface area contributed by atoms with E-state index in [1.807, 2.05) is 0 Å². The van der Waals surface area contributed by atoms with Crippen molar-refractivity contribution in [3.8, 4) is 0 Å². The van der Waals surface area contributed by atoms with Gasteiger partial charge in [-0.25, -0.2) is 8.42 Å². The number of fused-ring (bicyclic) bond motifs is 1. The Morgan fingerprint density at radius 2 is 1.62 bits per heavy atom.